The molecule has 1 amide bonds. The number of alkyl halides is 3. The SMILES string of the molecule is CC1(C)C[C@@H]2CCCNc3cc(=O)cc([nH]3)SNC(=O)c3ccc(-n4ccc(OCCCC5(C(F)(F)F)CC5)n4)nc3N1C2. The van der Waals surface area contributed by atoms with Crippen molar-refractivity contribution in [1.82, 2.24) is 24.5 Å². The van der Waals surface area contributed by atoms with E-state index in [1.807, 2.05) is 0 Å². The molecule has 5 heterocycles. The molecule has 1 saturated heterocycles. The van der Waals surface area contributed by atoms with Crippen LogP contribution in [0.4, 0.5) is 24.8 Å². The highest BCUT2D eigenvalue weighted by Crippen LogP contribution is 2.60. The number of aromatic nitrogens is 4. The monoisotopic (exact) mass is 631 g/mol. The van der Waals surface area contributed by atoms with Crippen molar-refractivity contribution >= 4 is 29.5 Å². The third kappa shape index (κ3) is 6.40. The van der Waals surface area contributed by atoms with Crippen LogP contribution in [0.3, 0.4) is 0 Å². The van der Waals surface area contributed by atoms with Crippen molar-refractivity contribution in [3.8, 4) is 11.7 Å². The highest BCUT2D eigenvalue weighted by molar-refractivity contribution is 7.97. The highest BCUT2D eigenvalue weighted by atomic mass is 32.2. The molecule has 1 atom stereocenters. The highest BCUT2D eigenvalue weighted by Gasteiger charge is 2.62. The lowest BCUT2D eigenvalue weighted by Crippen LogP contribution is -2.40. The average Bonchev–Trinajstić information content (AvgIpc) is 3.52. The van der Waals surface area contributed by atoms with Gasteiger partial charge in [-0.05, 0) is 76.8 Å². The van der Waals surface area contributed by atoms with Crippen LogP contribution in [-0.4, -0.2) is 57.1 Å². The van der Waals surface area contributed by atoms with Crippen LogP contribution < -0.4 is 25.1 Å². The summed E-state index contributed by atoms with van der Waals surface area (Å²) >= 11 is 1.03. The number of nitrogens with zero attached hydrogens (tertiary/aromatic N) is 4. The van der Waals surface area contributed by atoms with Crippen LogP contribution in [0, 0.1) is 11.3 Å². The Kier molecular flexibility index (Phi) is 8.05. The van der Waals surface area contributed by atoms with Crippen molar-refractivity contribution in [3.63, 3.8) is 0 Å². The van der Waals surface area contributed by atoms with Crippen LogP contribution in [0.2, 0.25) is 0 Å². The van der Waals surface area contributed by atoms with Gasteiger partial charge in [-0.2, -0.15) is 13.2 Å². The zero-order valence-electron chi connectivity index (χ0n) is 24.7. The van der Waals surface area contributed by atoms with Gasteiger partial charge in [-0.15, -0.1) is 5.10 Å². The molecule has 1 aliphatic carbocycles. The molecule has 3 aromatic rings. The Morgan fingerprint density at radius 1 is 1.16 bits per heavy atom. The van der Waals surface area contributed by atoms with Crippen molar-refractivity contribution < 1.29 is 22.7 Å². The van der Waals surface area contributed by atoms with Gasteiger partial charge in [0.2, 0.25) is 5.88 Å². The molecule has 3 N–H and O–H groups in total. The van der Waals surface area contributed by atoms with Gasteiger partial charge in [-0.25, -0.2) is 9.67 Å². The molecular weight excluding hydrogens is 595 g/mol. The molecule has 6 rings (SSSR count). The van der Waals surface area contributed by atoms with Crippen molar-refractivity contribution in [2.45, 2.75) is 75.5 Å². The van der Waals surface area contributed by atoms with E-state index in [-0.39, 0.29) is 49.2 Å². The number of amides is 1. The number of hydrogen-bond acceptors (Lipinski definition) is 8. The molecule has 3 aromatic heterocycles. The molecule has 0 spiro atoms. The predicted molar refractivity (Wildman–Crippen MR) is 161 cm³/mol. The zero-order chi connectivity index (χ0) is 31.1. The Bertz CT molecular complexity index is 1580. The van der Waals surface area contributed by atoms with E-state index >= 15 is 0 Å². The number of H-pyrrole nitrogens is 1. The number of fused-ring (bicyclic) bond motifs is 6. The quantitative estimate of drug-likeness (QED) is 0.234. The van der Waals surface area contributed by atoms with Crippen LogP contribution in [-0.2, 0) is 0 Å². The Hall–Kier alpha value is -3.68. The fraction of sp³-hybridized carbons (Fsp3) is 0.533. The fourth-order valence-electron chi connectivity index (χ4n) is 6.27. The van der Waals surface area contributed by atoms with Gasteiger partial charge >= 0.3 is 6.18 Å². The Balaban J connectivity index is 1.23. The Labute approximate surface area is 257 Å². The van der Waals surface area contributed by atoms with Crippen molar-refractivity contribution in [2.24, 2.45) is 11.3 Å². The predicted octanol–water partition coefficient (Wildman–Crippen LogP) is 5.70. The van der Waals surface area contributed by atoms with E-state index in [1.165, 1.54) is 16.8 Å². The lowest BCUT2D eigenvalue weighted by Gasteiger charge is -2.34. The molecule has 2 fully saturated rings. The minimum atomic E-state index is -4.17. The molecule has 0 unspecified atom stereocenters. The van der Waals surface area contributed by atoms with Crippen molar-refractivity contribution in [2.75, 3.05) is 29.9 Å². The number of carbonyl (C=O) groups is 1. The summed E-state index contributed by atoms with van der Waals surface area (Å²) in [5.74, 6) is 1.94. The van der Waals surface area contributed by atoms with Gasteiger partial charge in [-0.1, -0.05) is 0 Å². The molecule has 0 radical (unpaired) electrons. The maximum atomic E-state index is 13.5. The number of rotatable bonds is 6. The van der Waals surface area contributed by atoms with Gasteiger partial charge in [0, 0.05) is 55.0 Å². The Morgan fingerprint density at radius 3 is 2.75 bits per heavy atom. The van der Waals surface area contributed by atoms with Crippen LogP contribution in [0.25, 0.3) is 5.82 Å². The molecule has 10 nitrogen and oxygen atoms in total. The first-order chi connectivity index (χ1) is 20.9. The van der Waals surface area contributed by atoms with E-state index in [2.05, 4.69) is 38.9 Å². The third-order valence-corrected chi connectivity index (χ3v) is 9.53. The fourth-order valence-corrected chi connectivity index (χ4v) is 6.91. The number of carbonyl (C=O) groups excluding carboxylic acids is 1. The summed E-state index contributed by atoms with van der Waals surface area (Å²) in [5.41, 5.74) is -1.57. The van der Waals surface area contributed by atoms with E-state index in [9.17, 15) is 22.8 Å². The molecule has 0 aromatic carbocycles. The summed E-state index contributed by atoms with van der Waals surface area (Å²) in [6.07, 6.45) is 1.03. The number of anilines is 2. The molecule has 4 bridgehead atoms. The maximum absolute atomic E-state index is 13.5. The molecule has 236 valence electrons. The topological polar surface area (TPSA) is 117 Å². The number of aromatic amines is 1. The first-order valence-corrected chi connectivity index (χ1v) is 15.7. The molecule has 3 aliphatic rings. The number of ether oxygens (including phenoxy) is 1. The van der Waals surface area contributed by atoms with Gasteiger partial charge in [0.25, 0.3) is 5.91 Å². The number of nitrogens with one attached hydrogen (secondary N) is 3. The normalized spacial score (nSPS) is 21.0. The van der Waals surface area contributed by atoms with Crippen molar-refractivity contribution in [1.29, 1.82) is 0 Å². The lowest BCUT2D eigenvalue weighted by molar-refractivity contribution is -0.189. The van der Waals surface area contributed by atoms with E-state index in [0.717, 1.165) is 37.8 Å². The van der Waals surface area contributed by atoms with E-state index < -0.39 is 11.6 Å². The first-order valence-electron chi connectivity index (χ1n) is 14.9. The van der Waals surface area contributed by atoms with Crippen LogP contribution in [0.5, 0.6) is 5.88 Å². The molecule has 2 aliphatic heterocycles. The van der Waals surface area contributed by atoms with Crippen LogP contribution in [0.1, 0.15) is 69.2 Å². The van der Waals surface area contributed by atoms with Crippen molar-refractivity contribution in [3.05, 3.63) is 52.3 Å². The lowest BCUT2D eigenvalue weighted by atomic mass is 9.93. The summed E-state index contributed by atoms with van der Waals surface area (Å²) in [5, 5.41) is 8.24. The Morgan fingerprint density at radius 2 is 1.98 bits per heavy atom. The number of pyridine rings is 2. The summed E-state index contributed by atoms with van der Waals surface area (Å²) in [7, 11) is 0. The summed E-state index contributed by atoms with van der Waals surface area (Å²) in [6, 6.07) is 8.00. The minimum absolute atomic E-state index is 0.0502. The number of halogens is 3. The van der Waals surface area contributed by atoms with Gasteiger partial charge in [0.15, 0.2) is 11.2 Å². The minimum Gasteiger partial charge on any atom is -0.477 e. The summed E-state index contributed by atoms with van der Waals surface area (Å²) in [4.78, 5) is 36.0. The van der Waals surface area contributed by atoms with Gasteiger partial charge in [0.05, 0.1) is 22.6 Å². The second-order valence-electron chi connectivity index (χ2n) is 12.6. The van der Waals surface area contributed by atoms with Crippen LogP contribution in [0.15, 0.2) is 46.3 Å². The largest absolute Gasteiger partial charge is 0.477 e. The van der Waals surface area contributed by atoms with Gasteiger partial charge in [0.1, 0.15) is 11.6 Å². The molecule has 44 heavy (non-hydrogen) atoms. The zero-order valence-corrected chi connectivity index (χ0v) is 25.5. The second kappa shape index (κ2) is 11.7. The molecular formula is C30H36F3N7O3S. The average molecular weight is 632 g/mol. The van der Waals surface area contributed by atoms with E-state index in [1.54, 1.807) is 24.4 Å². The third-order valence-electron chi connectivity index (χ3n) is 8.80. The standard InChI is InChI=1S/C30H36F3N7O3S/c1-28(2)17-19-5-3-12-34-22-15-20(41)16-25(35-22)44-38-27(42)21-6-7-23(36-26(21)39(28)18-19)40-13-8-24(37-40)43-14-4-9-29(10-11-29)30(31,32)33/h6-8,13,15-16,19H,3-5,9-12,14,17-18H2,1-2H3,(H,38,42)(H2,34,35,41)/t19-/m0/s1. The first kappa shape index (κ1) is 30.4. The smallest absolute Gasteiger partial charge is 0.394 e. The van der Waals surface area contributed by atoms with E-state index in [4.69, 9.17) is 9.72 Å². The maximum Gasteiger partial charge on any atom is 0.394 e. The van der Waals surface area contributed by atoms with E-state index in [0.29, 0.717) is 46.4 Å². The summed E-state index contributed by atoms with van der Waals surface area (Å²) < 4.78 is 49.7. The second-order valence-corrected chi connectivity index (χ2v) is 13.4. The summed E-state index contributed by atoms with van der Waals surface area (Å²) in [6.45, 7) is 5.88. The molecule has 14 heteroatoms. The number of hydrogen-bond donors (Lipinski definition) is 3. The van der Waals surface area contributed by atoms with Gasteiger partial charge in [-0.3, -0.25) is 14.3 Å². The van der Waals surface area contributed by atoms with Gasteiger partial charge < -0.3 is 19.9 Å². The van der Waals surface area contributed by atoms with Crippen LogP contribution >= 0.6 is 11.9 Å². The molecule has 1 saturated carbocycles.